The van der Waals surface area contributed by atoms with E-state index >= 15 is 0 Å². The molecule has 2 aromatic heterocycles. The van der Waals surface area contributed by atoms with Crippen molar-refractivity contribution < 1.29 is 0 Å². The summed E-state index contributed by atoms with van der Waals surface area (Å²) in [6.45, 7) is 0. The smallest absolute Gasteiger partial charge is 0.0832 e. The Morgan fingerprint density at radius 2 is 1.58 bits per heavy atom. The van der Waals surface area contributed by atoms with Crippen LogP contribution < -0.4 is 0 Å². The van der Waals surface area contributed by atoms with Crippen LogP contribution in [0.25, 0.3) is 48.5 Å². The van der Waals surface area contributed by atoms with Gasteiger partial charge < -0.3 is 4.57 Å². The van der Waals surface area contributed by atoms with Crippen LogP contribution >= 0.6 is 11.3 Å². The van der Waals surface area contributed by atoms with Crippen molar-refractivity contribution >= 4 is 54.1 Å². The fourth-order valence-corrected chi connectivity index (χ4v) is 4.66. The molecule has 2 heterocycles. The normalized spacial score (nSPS) is 11.8. The molecule has 0 N–H and O–H groups in total. The van der Waals surface area contributed by atoms with Crippen LogP contribution in [0.1, 0.15) is 0 Å². The van der Waals surface area contributed by atoms with E-state index in [9.17, 15) is 0 Å². The molecule has 0 fully saturated rings. The minimum absolute atomic E-state index is 1.05. The first kappa shape index (κ1) is 14.0. The highest BCUT2D eigenvalue weighted by Gasteiger charge is 2.14. The van der Waals surface area contributed by atoms with E-state index in [0.717, 1.165) is 11.2 Å². The Morgan fingerprint density at radius 1 is 0.731 bits per heavy atom. The van der Waals surface area contributed by atoms with Gasteiger partial charge in [0.05, 0.1) is 26.8 Å². The van der Waals surface area contributed by atoms with E-state index in [4.69, 9.17) is 0 Å². The summed E-state index contributed by atoms with van der Waals surface area (Å²) in [5, 5.41) is 5.18. The third kappa shape index (κ3) is 1.83. The number of nitrogens with zero attached hydrogens (tertiary/aromatic N) is 2. The predicted octanol–water partition coefficient (Wildman–Crippen LogP) is 6.55. The fraction of sp³-hybridized carbons (Fsp3) is 0. The third-order valence-corrected chi connectivity index (χ3v) is 5.94. The van der Waals surface area contributed by atoms with Gasteiger partial charge in [-0.05, 0) is 41.1 Å². The van der Waals surface area contributed by atoms with Crippen molar-refractivity contribution in [3.05, 3.63) is 84.4 Å². The van der Waals surface area contributed by atoms with Gasteiger partial charge in [0.2, 0.25) is 0 Å². The van der Waals surface area contributed by atoms with E-state index in [1.807, 2.05) is 5.51 Å². The number of hydrogen-bond donors (Lipinski definition) is 0. The second kappa shape index (κ2) is 5.16. The molecule has 0 saturated carbocycles. The molecule has 3 heteroatoms. The van der Waals surface area contributed by atoms with Crippen LogP contribution in [0, 0.1) is 0 Å². The van der Waals surface area contributed by atoms with Crippen LogP contribution in [0.3, 0.4) is 0 Å². The van der Waals surface area contributed by atoms with Gasteiger partial charge in [-0.3, -0.25) is 0 Å². The Balaban J connectivity index is 1.83. The van der Waals surface area contributed by atoms with Crippen LogP contribution in [-0.4, -0.2) is 9.55 Å². The molecule has 4 aromatic carbocycles. The lowest BCUT2D eigenvalue weighted by molar-refractivity contribution is 1.18. The Hall–Kier alpha value is -3.17. The number of benzene rings is 4. The van der Waals surface area contributed by atoms with E-state index in [0.29, 0.717) is 0 Å². The van der Waals surface area contributed by atoms with Gasteiger partial charge in [-0.1, -0.05) is 48.5 Å². The topological polar surface area (TPSA) is 17.8 Å². The van der Waals surface area contributed by atoms with Crippen molar-refractivity contribution in [1.82, 2.24) is 9.55 Å². The van der Waals surface area contributed by atoms with Crippen molar-refractivity contribution in [3.63, 3.8) is 0 Å². The first-order chi connectivity index (χ1) is 12.9. The molecule has 26 heavy (non-hydrogen) atoms. The van der Waals surface area contributed by atoms with E-state index < -0.39 is 0 Å². The van der Waals surface area contributed by atoms with Crippen molar-refractivity contribution in [1.29, 1.82) is 0 Å². The highest BCUT2D eigenvalue weighted by Crippen LogP contribution is 2.37. The summed E-state index contributed by atoms with van der Waals surface area (Å²) in [4.78, 5) is 4.50. The van der Waals surface area contributed by atoms with Gasteiger partial charge in [0.15, 0.2) is 0 Å². The lowest BCUT2D eigenvalue weighted by atomic mass is 10.0. The van der Waals surface area contributed by atoms with Gasteiger partial charge in [-0.15, -0.1) is 11.3 Å². The van der Waals surface area contributed by atoms with Crippen LogP contribution in [0.15, 0.2) is 84.4 Å². The minimum Gasteiger partial charge on any atom is -0.309 e. The van der Waals surface area contributed by atoms with Crippen molar-refractivity contribution in [2.45, 2.75) is 0 Å². The Labute approximate surface area is 153 Å². The highest BCUT2D eigenvalue weighted by molar-refractivity contribution is 7.16. The Kier molecular flexibility index (Phi) is 2.79. The average molecular weight is 350 g/mol. The van der Waals surface area contributed by atoms with Gasteiger partial charge in [-0.25, -0.2) is 4.98 Å². The summed E-state index contributed by atoms with van der Waals surface area (Å²) in [5.74, 6) is 0. The first-order valence-corrected chi connectivity index (χ1v) is 9.53. The van der Waals surface area contributed by atoms with Crippen LogP contribution in [0.5, 0.6) is 0 Å². The lowest BCUT2D eigenvalue weighted by Gasteiger charge is -2.08. The van der Waals surface area contributed by atoms with Crippen molar-refractivity contribution in [2.24, 2.45) is 0 Å². The lowest BCUT2D eigenvalue weighted by Crippen LogP contribution is -1.93. The van der Waals surface area contributed by atoms with E-state index in [1.165, 1.54) is 37.3 Å². The van der Waals surface area contributed by atoms with Crippen LogP contribution in [0.4, 0.5) is 0 Å². The molecule has 122 valence electrons. The highest BCUT2D eigenvalue weighted by atomic mass is 32.1. The molecular formula is C23H14N2S. The molecule has 0 aliphatic heterocycles. The Morgan fingerprint density at radius 3 is 2.54 bits per heavy atom. The van der Waals surface area contributed by atoms with Crippen molar-refractivity contribution in [2.75, 3.05) is 0 Å². The molecule has 0 saturated heterocycles. The SMILES string of the molecule is c1ccc2c(c1)ccc1c2c2ccccc2n1-c1ccc2scnc2c1. The maximum absolute atomic E-state index is 4.50. The van der Waals surface area contributed by atoms with Gasteiger partial charge in [0, 0.05) is 16.5 Å². The zero-order valence-electron chi connectivity index (χ0n) is 13.9. The number of aromatic nitrogens is 2. The largest absolute Gasteiger partial charge is 0.309 e. The van der Waals surface area contributed by atoms with E-state index in [1.54, 1.807) is 11.3 Å². The second-order valence-electron chi connectivity index (χ2n) is 6.54. The number of para-hydroxylation sites is 1. The number of thiazole rings is 1. The van der Waals surface area contributed by atoms with Gasteiger partial charge in [0.25, 0.3) is 0 Å². The van der Waals surface area contributed by atoms with E-state index in [2.05, 4.69) is 88.4 Å². The summed E-state index contributed by atoms with van der Waals surface area (Å²) >= 11 is 1.68. The van der Waals surface area contributed by atoms with Crippen LogP contribution in [0.2, 0.25) is 0 Å². The molecule has 2 nitrogen and oxygen atoms in total. The Bertz CT molecular complexity index is 1440. The monoisotopic (exact) mass is 350 g/mol. The second-order valence-corrected chi connectivity index (χ2v) is 7.42. The van der Waals surface area contributed by atoms with Crippen LogP contribution in [-0.2, 0) is 0 Å². The number of rotatable bonds is 1. The third-order valence-electron chi connectivity index (χ3n) is 5.13. The zero-order chi connectivity index (χ0) is 17.1. The summed E-state index contributed by atoms with van der Waals surface area (Å²) in [6, 6.07) is 28.3. The summed E-state index contributed by atoms with van der Waals surface area (Å²) in [7, 11) is 0. The van der Waals surface area contributed by atoms with Gasteiger partial charge >= 0.3 is 0 Å². The zero-order valence-corrected chi connectivity index (χ0v) is 14.7. The maximum Gasteiger partial charge on any atom is 0.0832 e. The molecule has 0 bridgehead atoms. The summed E-state index contributed by atoms with van der Waals surface area (Å²) < 4.78 is 3.58. The fourth-order valence-electron chi connectivity index (χ4n) is 4.00. The molecule has 6 aromatic rings. The standard InChI is InChI=1S/C23H14N2S/c1-2-6-17-15(5-1)9-11-21-23(17)18-7-3-4-8-20(18)25(21)16-10-12-22-19(13-16)24-14-26-22/h1-14H. The number of hydrogen-bond acceptors (Lipinski definition) is 2. The molecule has 0 unspecified atom stereocenters. The quantitative estimate of drug-likeness (QED) is 0.329. The molecule has 0 radical (unpaired) electrons. The molecule has 0 spiro atoms. The molecule has 0 aliphatic rings. The average Bonchev–Trinajstić information content (AvgIpc) is 3.29. The predicted molar refractivity (Wildman–Crippen MR) is 111 cm³/mol. The van der Waals surface area contributed by atoms with Crippen molar-refractivity contribution in [3.8, 4) is 5.69 Å². The maximum atomic E-state index is 4.50. The van der Waals surface area contributed by atoms with Gasteiger partial charge in [0.1, 0.15) is 0 Å². The van der Waals surface area contributed by atoms with E-state index in [-0.39, 0.29) is 0 Å². The molecular weight excluding hydrogens is 336 g/mol. The molecule has 0 aliphatic carbocycles. The first-order valence-electron chi connectivity index (χ1n) is 8.65. The molecule has 6 rings (SSSR count). The van der Waals surface area contributed by atoms with Gasteiger partial charge in [-0.2, -0.15) is 0 Å². The molecule has 0 amide bonds. The molecule has 0 atom stereocenters. The minimum atomic E-state index is 1.05. The summed E-state index contributed by atoms with van der Waals surface area (Å²) in [6.07, 6.45) is 0. The summed E-state index contributed by atoms with van der Waals surface area (Å²) in [5.41, 5.74) is 6.59. The number of fused-ring (bicyclic) bond motifs is 6.